The van der Waals surface area contributed by atoms with E-state index in [4.69, 9.17) is 36.3 Å². The molecule has 1 aliphatic rings. The first kappa shape index (κ1) is 23.6. The monoisotopic (exact) mass is 469 g/mol. The summed E-state index contributed by atoms with van der Waals surface area (Å²) in [7, 11) is 1.27. The molecule has 0 amide bonds. The van der Waals surface area contributed by atoms with Crippen molar-refractivity contribution in [3.05, 3.63) is 75.5 Å². The summed E-state index contributed by atoms with van der Waals surface area (Å²) < 4.78 is 21.0. The van der Waals surface area contributed by atoms with Crippen LogP contribution in [0.1, 0.15) is 35.7 Å². The van der Waals surface area contributed by atoms with Crippen LogP contribution in [-0.2, 0) is 19.0 Å². The quantitative estimate of drug-likeness (QED) is 0.623. The first-order chi connectivity index (χ1) is 15.8. The van der Waals surface area contributed by atoms with Crippen LogP contribution in [0.15, 0.2) is 59.3 Å². The lowest BCUT2D eigenvalue weighted by molar-refractivity contribution is -0.139. The Hall–Kier alpha value is -4.03. The average molecular weight is 470 g/mol. The smallest absolute Gasteiger partial charge is 0.338 e. The van der Waals surface area contributed by atoms with Crippen LogP contribution in [0.2, 0.25) is 5.02 Å². The number of carbonyl (C=O) groups is 2. The Morgan fingerprint density at radius 2 is 2.03 bits per heavy atom. The van der Waals surface area contributed by atoms with Gasteiger partial charge in [-0.15, -0.1) is 0 Å². The Morgan fingerprint density at radius 3 is 2.67 bits per heavy atom. The number of benzene rings is 1. The molecule has 0 saturated heterocycles. The Bertz CT molecular complexity index is 1210. The van der Waals surface area contributed by atoms with Gasteiger partial charge in [0.2, 0.25) is 11.8 Å². The number of hydrogen-bond acceptors (Lipinski definition) is 9. The van der Waals surface area contributed by atoms with Gasteiger partial charge in [-0.1, -0.05) is 17.7 Å². The molecule has 1 atom stereocenters. The van der Waals surface area contributed by atoms with Gasteiger partial charge in [0.15, 0.2) is 0 Å². The van der Waals surface area contributed by atoms with Crippen molar-refractivity contribution in [2.24, 2.45) is 5.73 Å². The number of methoxy groups -OCH3 is 1. The lowest BCUT2D eigenvalue weighted by Crippen LogP contribution is -2.25. The molecule has 0 saturated carbocycles. The van der Waals surface area contributed by atoms with Crippen molar-refractivity contribution in [2.45, 2.75) is 19.8 Å². The van der Waals surface area contributed by atoms with Gasteiger partial charge in [0, 0.05) is 12.3 Å². The van der Waals surface area contributed by atoms with Crippen LogP contribution < -0.4 is 10.5 Å². The number of rotatable bonds is 6. The van der Waals surface area contributed by atoms with Gasteiger partial charge < -0.3 is 24.7 Å². The summed E-state index contributed by atoms with van der Waals surface area (Å²) in [5.74, 6) is -1.50. The van der Waals surface area contributed by atoms with Crippen molar-refractivity contribution in [1.82, 2.24) is 4.98 Å². The van der Waals surface area contributed by atoms with Crippen LogP contribution in [-0.4, -0.2) is 30.6 Å². The lowest BCUT2D eigenvalue weighted by Gasteiger charge is -2.27. The first-order valence-corrected chi connectivity index (χ1v) is 10.2. The van der Waals surface area contributed by atoms with E-state index >= 15 is 0 Å². The molecule has 2 N–H and O–H groups in total. The Kier molecular flexibility index (Phi) is 7.20. The largest absolute Gasteiger partial charge is 0.465 e. The highest BCUT2D eigenvalue weighted by Crippen LogP contribution is 2.42. The molecule has 9 nitrogen and oxygen atoms in total. The molecule has 10 heteroatoms. The molecule has 1 aromatic carbocycles. The van der Waals surface area contributed by atoms with Crippen LogP contribution in [0.25, 0.3) is 0 Å². The second-order valence-electron chi connectivity index (χ2n) is 6.78. The minimum atomic E-state index is -0.838. The van der Waals surface area contributed by atoms with Crippen molar-refractivity contribution in [3.63, 3.8) is 0 Å². The number of esters is 2. The summed E-state index contributed by atoms with van der Waals surface area (Å²) >= 11 is 6.44. The zero-order valence-corrected chi connectivity index (χ0v) is 18.8. The fourth-order valence-electron chi connectivity index (χ4n) is 3.29. The van der Waals surface area contributed by atoms with Crippen molar-refractivity contribution in [2.75, 3.05) is 13.7 Å². The molecule has 1 aliphatic heterocycles. The zero-order valence-electron chi connectivity index (χ0n) is 18.0. The number of nitrogens with zero attached hydrogens (tertiary/aromatic N) is 2. The highest BCUT2D eigenvalue weighted by atomic mass is 35.5. The van der Waals surface area contributed by atoms with Crippen LogP contribution in [0, 0.1) is 11.3 Å². The zero-order chi connectivity index (χ0) is 24.1. The molecule has 170 valence electrons. The lowest BCUT2D eigenvalue weighted by atomic mass is 9.83. The molecule has 33 heavy (non-hydrogen) atoms. The molecular formula is C23H20ClN3O6. The molecule has 0 aliphatic carbocycles. The molecule has 2 aromatic rings. The van der Waals surface area contributed by atoms with E-state index in [0.29, 0.717) is 5.56 Å². The van der Waals surface area contributed by atoms with Crippen LogP contribution in [0.3, 0.4) is 0 Å². The third kappa shape index (κ3) is 4.91. The Labute approximate surface area is 195 Å². The van der Waals surface area contributed by atoms with Crippen LogP contribution >= 0.6 is 11.6 Å². The summed E-state index contributed by atoms with van der Waals surface area (Å²) in [4.78, 5) is 28.4. The van der Waals surface area contributed by atoms with Crippen molar-refractivity contribution in [1.29, 1.82) is 5.26 Å². The summed E-state index contributed by atoms with van der Waals surface area (Å²) in [5.41, 5.74) is 6.89. The SMILES string of the molecule is CCOC(=O)C1=C(C)OC(N)=C(C#N)C1c1ccc(Oc2cc(C(=O)OC)ccn2)c(Cl)c1. The molecule has 1 aromatic heterocycles. The second kappa shape index (κ2) is 10.1. The van der Waals surface area contributed by atoms with Gasteiger partial charge in [0.25, 0.3) is 0 Å². The van der Waals surface area contributed by atoms with E-state index in [2.05, 4.69) is 4.98 Å². The van der Waals surface area contributed by atoms with Gasteiger partial charge in [-0.05, 0) is 37.6 Å². The number of nitriles is 1. The Morgan fingerprint density at radius 1 is 1.27 bits per heavy atom. The maximum Gasteiger partial charge on any atom is 0.338 e. The number of nitrogens with two attached hydrogens (primary N) is 1. The van der Waals surface area contributed by atoms with E-state index in [-0.39, 0.29) is 51.6 Å². The average Bonchev–Trinajstić information content (AvgIpc) is 2.79. The van der Waals surface area contributed by atoms with E-state index in [1.807, 2.05) is 6.07 Å². The number of carbonyl (C=O) groups excluding carboxylic acids is 2. The van der Waals surface area contributed by atoms with Crippen molar-refractivity contribution < 1.29 is 28.5 Å². The van der Waals surface area contributed by atoms with E-state index in [1.165, 1.54) is 25.4 Å². The molecule has 2 heterocycles. The van der Waals surface area contributed by atoms with Gasteiger partial charge in [-0.3, -0.25) is 0 Å². The highest BCUT2D eigenvalue weighted by molar-refractivity contribution is 6.32. The standard InChI is InChI=1S/C23H20ClN3O6/c1-4-31-23(29)19-12(2)32-21(26)15(11-25)20(19)13-5-6-17(16(24)9-13)33-18-10-14(7-8-27-18)22(28)30-3/h5-10,20H,4,26H2,1-3H3. The highest BCUT2D eigenvalue weighted by Gasteiger charge is 2.36. The van der Waals surface area contributed by atoms with E-state index in [0.717, 1.165) is 0 Å². The topological polar surface area (TPSA) is 134 Å². The molecule has 1 unspecified atom stereocenters. The molecule has 0 fully saturated rings. The summed E-state index contributed by atoms with van der Waals surface area (Å²) in [6.07, 6.45) is 1.40. The van der Waals surface area contributed by atoms with Gasteiger partial charge in [0.1, 0.15) is 23.2 Å². The van der Waals surface area contributed by atoms with Gasteiger partial charge >= 0.3 is 11.9 Å². The van der Waals surface area contributed by atoms with E-state index < -0.39 is 17.9 Å². The summed E-state index contributed by atoms with van der Waals surface area (Å²) in [6, 6.07) is 9.65. The Balaban J connectivity index is 1.99. The number of ether oxygens (including phenoxy) is 4. The van der Waals surface area contributed by atoms with Gasteiger partial charge in [0.05, 0.1) is 35.8 Å². The van der Waals surface area contributed by atoms with Crippen LogP contribution in [0.4, 0.5) is 0 Å². The van der Waals surface area contributed by atoms with Crippen molar-refractivity contribution in [3.8, 4) is 17.7 Å². The van der Waals surface area contributed by atoms with Crippen molar-refractivity contribution >= 4 is 23.5 Å². The number of pyridine rings is 1. The maximum atomic E-state index is 12.6. The van der Waals surface area contributed by atoms with Gasteiger partial charge in [-0.2, -0.15) is 5.26 Å². The summed E-state index contributed by atoms with van der Waals surface area (Å²) in [6.45, 7) is 3.39. The predicted molar refractivity (Wildman–Crippen MR) is 117 cm³/mol. The predicted octanol–water partition coefficient (Wildman–Crippen LogP) is 3.96. The normalized spacial score (nSPS) is 15.4. The number of aromatic nitrogens is 1. The van der Waals surface area contributed by atoms with E-state index in [1.54, 1.807) is 32.0 Å². The number of allylic oxidation sites excluding steroid dienone is 2. The fourth-order valence-corrected chi connectivity index (χ4v) is 3.52. The second-order valence-corrected chi connectivity index (χ2v) is 7.19. The van der Waals surface area contributed by atoms with Crippen LogP contribution in [0.5, 0.6) is 11.6 Å². The molecule has 0 spiro atoms. The molecule has 0 bridgehead atoms. The molecule has 3 rings (SSSR count). The third-order valence-corrected chi connectivity index (χ3v) is 5.06. The fraction of sp³-hybridized carbons (Fsp3) is 0.217. The van der Waals surface area contributed by atoms with Gasteiger partial charge in [-0.25, -0.2) is 14.6 Å². The van der Waals surface area contributed by atoms with E-state index in [9.17, 15) is 14.9 Å². The third-order valence-electron chi connectivity index (χ3n) is 4.76. The minimum absolute atomic E-state index is 0.0563. The minimum Gasteiger partial charge on any atom is -0.465 e. The summed E-state index contributed by atoms with van der Waals surface area (Å²) in [5, 5.41) is 9.85. The molecule has 0 radical (unpaired) electrons. The first-order valence-electron chi connectivity index (χ1n) is 9.77. The maximum absolute atomic E-state index is 12.6. The molecular weight excluding hydrogens is 450 g/mol. The number of halogens is 1. The number of hydrogen-bond donors (Lipinski definition) is 1.